The minimum atomic E-state index is -0.484. The maximum Gasteiger partial charge on any atom is 0.285 e. The normalized spacial score (nSPS) is 15.5. The molecule has 1 aliphatic heterocycles. The minimum Gasteiger partial charge on any atom is -0.360 e. The third kappa shape index (κ3) is 3.74. The van der Waals surface area contributed by atoms with E-state index >= 15 is 0 Å². The molecule has 0 bridgehead atoms. The Kier molecular flexibility index (Phi) is 4.82. The van der Waals surface area contributed by atoms with Gasteiger partial charge in [0.25, 0.3) is 11.2 Å². The number of pyridine rings is 1. The Bertz CT molecular complexity index is 800. The minimum absolute atomic E-state index is 0.0634. The van der Waals surface area contributed by atoms with Gasteiger partial charge in [0, 0.05) is 22.8 Å². The third-order valence-electron chi connectivity index (χ3n) is 4.22. The molecule has 126 valence electrons. The van der Waals surface area contributed by atoms with Crippen LogP contribution in [0.3, 0.4) is 0 Å². The number of hydrogen-bond donors (Lipinski definition) is 1. The van der Waals surface area contributed by atoms with Gasteiger partial charge in [0.15, 0.2) is 6.67 Å². The van der Waals surface area contributed by atoms with Gasteiger partial charge in [-0.1, -0.05) is 17.7 Å². The highest BCUT2D eigenvalue weighted by molar-refractivity contribution is 6.30. The molecule has 2 aromatic rings. The molecule has 1 saturated heterocycles. The van der Waals surface area contributed by atoms with Crippen molar-refractivity contribution in [3.05, 3.63) is 68.1 Å². The van der Waals surface area contributed by atoms with E-state index in [2.05, 4.69) is 4.90 Å². The van der Waals surface area contributed by atoms with Crippen LogP contribution in [0.5, 0.6) is 0 Å². The number of quaternary nitrogens is 1. The summed E-state index contributed by atoms with van der Waals surface area (Å²) in [6.45, 7) is 3.83. The van der Waals surface area contributed by atoms with Crippen LogP contribution in [0.1, 0.15) is 0 Å². The lowest BCUT2D eigenvalue weighted by molar-refractivity contribution is -0.923. The summed E-state index contributed by atoms with van der Waals surface area (Å²) in [6.07, 6.45) is 1.32. The van der Waals surface area contributed by atoms with Gasteiger partial charge in [0.1, 0.15) is 0 Å². The van der Waals surface area contributed by atoms with Gasteiger partial charge in [-0.25, -0.2) is 0 Å². The first-order chi connectivity index (χ1) is 11.5. The summed E-state index contributed by atoms with van der Waals surface area (Å²) in [4.78, 5) is 25.7. The molecular formula is C16H18ClN4O3+. The number of aromatic nitrogens is 1. The molecule has 0 radical (unpaired) electrons. The van der Waals surface area contributed by atoms with Crippen molar-refractivity contribution in [3.63, 3.8) is 0 Å². The monoisotopic (exact) mass is 349 g/mol. The van der Waals surface area contributed by atoms with Crippen molar-refractivity contribution in [2.45, 2.75) is 6.67 Å². The highest BCUT2D eigenvalue weighted by atomic mass is 35.5. The number of hydrogen-bond acceptors (Lipinski definition) is 4. The Morgan fingerprint density at radius 1 is 1.21 bits per heavy atom. The number of benzene rings is 1. The van der Waals surface area contributed by atoms with Crippen molar-refractivity contribution >= 4 is 23.0 Å². The second-order valence-electron chi connectivity index (χ2n) is 5.83. The van der Waals surface area contributed by atoms with E-state index in [-0.39, 0.29) is 11.2 Å². The standard InChI is InChI=1S/C16H17ClN4O3/c17-13-2-1-3-14(10-13)19-8-6-18(7-9-19)12-20-11-15(21(23)24)4-5-16(20)22/h1-5,10-11H,6-9,12H2/p+1. The van der Waals surface area contributed by atoms with E-state index in [4.69, 9.17) is 11.6 Å². The zero-order valence-corrected chi connectivity index (χ0v) is 13.8. The molecule has 3 rings (SSSR count). The lowest BCUT2D eigenvalue weighted by atomic mass is 10.2. The van der Waals surface area contributed by atoms with E-state index in [1.807, 2.05) is 24.3 Å². The Labute approximate surface area is 143 Å². The van der Waals surface area contributed by atoms with Crippen molar-refractivity contribution in [1.29, 1.82) is 0 Å². The van der Waals surface area contributed by atoms with E-state index in [1.165, 1.54) is 27.8 Å². The van der Waals surface area contributed by atoms with Crippen molar-refractivity contribution in [3.8, 4) is 0 Å². The van der Waals surface area contributed by atoms with Gasteiger partial charge in [0.2, 0.25) is 0 Å². The van der Waals surface area contributed by atoms with Crippen molar-refractivity contribution in [2.24, 2.45) is 0 Å². The van der Waals surface area contributed by atoms with Crippen LogP contribution in [0.2, 0.25) is 5.02 Å². The number of rotatable bonds is 4. The van der Waals surface area contributed by atoms with Crippen LogP contribution in [0, 0.1) is 10.1 Å². The van der Waals surface area contributed by atoms with Crippen LogP contribution >= 0.6 is 11.6 Å². The fourth-order valence-electron chi connectivity index (χ4n) is 2.90. The van der Waals surface area contributed by atoms with Gasteiger partial charge in [-0.05, 0) is 18.2 Å². The number of nitrogens with zero attached hydrogens (tertiary/aromatic N) is 3. The summed E-state index contributed by atoms with van der Waals surface area (Å²) in [6, 6.07) is 10.2. The van der Waals surface area contributed by atoms with Crippen LogP contribution in [0.25, 0.3) is 0 Å². The maximum absolute atomic E-state index is 11.9. The fraction of sp³-hybridized carbons (Fsp3) is 0.312. The Hall–Kier alpha value is -2.38. The summed E-state index contributed by atoms with van der Waals surface area (Å²) in [7, 11) is 0. The molecule has 1 aromatic heterocycles. The Balaban J connectivity index is 1.64. The largest absolute Gasteiger partial charge is 0.360 e. The van der Waals surface area contributed by atoms with E-state index in [0.29, 0.717) is 11.7 Å². The van der Waals surface area contributed by atoms with Gasteiger partial charge in [-0.15, -0.1) is 0 Å². The second kappa shape index (κ2) is 7.02. The average molecular weight is 350 g/mol. The van der Waals surface area contributed by atoms with E-state index in [0.717, 1.165) is 31.9 Å². The quantitative estimate of drug-likeness (QED) is 0.654. The number of piperazine rings is 1. The molecule has 8 heteroatoms. The van der Waals surface area contributed by atoms with Gasteiger partial charge in [-0.3, -0.25) is 19.5 Å². The zero-order chi connectivity index (χ0) is 17.1. The number of nitro groups is 1. The van der Waals surface area contributed by atoms with E-state index in [1.54, 1.807) is 0 Å². The zero-order valence-electron chi connectivity index (χ0n) is 13.0. The fourth-order valence-corrected chi connectivity index (χ4v) is 3.09. The molecule has 2 heterocycles. The first-order valence-electron chi connectivity index (χ1n) is 7.72. The molecule has 0 atom stereocenters. The molecule has 1 aromatic carbocycles. The highest BCUT2D eigenvalue weighted by Gasteiger charge is 2.21. The first-order valence-corrected chi connectivity index (χ1v) is 8.10. The topological polar surface area (TPSA) is 72.8 Å². The smallest absolute Gasteiger partial charge is 0.285 e. The molecular weight excluding hydrogens is 332 g/mol. The molecule has 1 aliphatic rings. The number of nitrogens with one attached hydrogen (secondary N) is 1. The lowest BCUT2D eigenvalue weighted by Crippen LogP contribution is -3.14. The molecule has 24 heavy (non-hydrogen) atoms. The first kappa shape index (κ1) is 16.5. The molecule has 0 unspecified atom stereocenters. The van der Waals surface area contributed by atoms with Crippen LogP contribution in [0.4, 0.5) is 11.4 Å². The third-order valence-corrected chi connectivity index (χ3v) is 4.45. The maximum atomic E-state index is 11.9. The molecule has 0 spiro atoms. The molecule has 1 N–H and O–H groups in total. The predicted octanol–water partition coefficient (Wildman–Crippen LogP) is 0.773. The van der Waals surface area contributed by atoms with Crippen molar-refractivity contribution in [2.75, 3.05) is 31.1 Å². The highest BCUT2D eigenvalue weighted by Crippen LogP contribution is 2.19. The summed E-state index contributed by atoms with van der Waals surface area (Å²) >= 11 is 6.03. The average Bonchev–Trinajstić information content (AvgIpc) is 2.57. The summed E-state index contributed by atoms with van der Waals surface area (Å²) < 4.78 is 1.42. The molecule has 1 fully saturated rings. The molecule has 7 nitrogen and oxygen atoms in total. The van der Waals surface area contributed by atoms with E-state index in [9.17, 15) is 14.9 Å². The van der Waals surface area contributed by atoms with Crippen LogP contribution in [-0.2, 0) is 6.67 Å². The Morgan fingerprint density at radius 3 is 2.62 bits per heavy atom. The summed E-state index contributed by atoms with van der Waals surface area (Å²) in [5.41, 5.74) is 0.811. The van der Waals surface area contributed by atoms with E-state index < -0.39 is 4.92 Å². The van der Waals surface area contributed by atoms with Gasteiger partial charge >= 0.3 is 0 Å². The summed E-state index contributed by atoms with van der Waals surface area (Å²) in [5.74, 6) is 0. The van der Waals surface area contributed by atoms with Crippen molar-refractivity contribution in [1.82, 2.24) is 4.57 Å². The predicted molar refractivity (Wildman–Crippen MR) is 91.7 cm³/mol. The number of halogens is 1. The van der Waals surface area contributed by atoms with Gasteiger partial charge in [-0.2, -0.15) is 0 Å². The molecule has 0 aliphatic carbocycles. The second-order valence-corrected chi connectivity index (χ2v) is 6.26. The summed E-state index contributed by atoms with van der Waals surface area (Å²) in [5, 5.41) is 11.6. The van der Waals surface area contributed by atoms with Crippen LogP contribution in [-0.4, -0.2) is 35.7 Å². The van der Waals surface area contributed by atoms with Crippen LogP contribution in [0.15, 0.2) is 47.4 Å². The van der Waals surface area contributed by atoms with Crippen LogP contribution < -0.4 is 15.4 Å². The number of anilines is 1. The molecule has 0 saturated carbocycles. The lowest BCUT2D eigenvalue weighted by Gasteiger charge is -2.33. The molecule has 0 amide bonds. The van der Waals surface area contributed by atoms with Gasteiger partial charge < -0.3 is 9.80 Å². The SMILES string of the molecule is O=c1ccc([N+](=O)[O-])cn1C[NH+]1CCN(c2cccc(Cl)c2)CC1. The van der Waals surface area contributed by atoms with Crippen molar-refractivity contribution < 1.29 is 9.82 Å². The van der Waals surface area contributed by atoms with Gasteiger partial charge in [0.05, 0.1) is 37.3 Å². The Morgan fingerprint density at radius 2 is 1.96 bits per heavy atom.